The van der Waals surface area contributed by atoms with E-state index >= 15 is 0 Å². The van der Waals surface area contributed by atoms with Crippen molar-refractivity contribution in [1.82, 2.24) is 10.6 Å². The predicted octanol–water partition coefficient (Wildman–Crippen LogP) is 4.06. The summed E-state index contributed by atoms with van der Waals surface area (Å²) < 4.78 is 6.32. The molecule has 1 fully saturated rings. The largest absolute Gasteiger partial charge is 0.485 e. The van der Waals surface area contributed by atoms with Crippen LogP contribution in [0.4, 0.5) is 0 Å². The van der Waals surface area contributed by atoms with Crippen molar-refractivity contribution in [3.63, 3.8) is 0 Å². The Balaban J connectivity index is 1.33. The van der Waals surface area contributed by atoms with Crippen molar-refractivity contribution in [2.24, 2.45) is 5.92 Å². The molecular formula is C24H27ClN2O3. The molecule has 5 nitrogen and oxygen atoms in total. The third-order valence-corrected chi connectivity index (χ3v) is 6.54. The van der Waals surface area contributed by atoms with Crippen LogP contribution in [0, 0.1) is 12.8 Å². The van der Waals surface area contributed by atoms with Crippen LogP contribution in [-0.2, 0) is 11.2 Å². The van der Waals surface area contributed by atoms with Crippen molar-refractivity contribution in [1.29, 1.82) is 0 Å². The maximum absolute atomic E-state index is 12.7. The van der Waals surface area contributed by atoms with E-state index in [0.29, 0.717) is 29.4 Å². The molecule has 0 unspecified atom stereocenters. The number of carbonyl (C=O) groups is 2. The minimum atomic E-state index is -0.466. The Kier molecular flexibility index (Phi) is 6.00. The second kappa shape index (κ2) is 8.68. The zero-order valence-corrected chi connectivity index (χ0v) is 17.9. The van der Waals surface area contributed by atoms with Crippen molar-refractivity contribution in [3.8, 4) is 5.75 Å². The fraction of sp³-hybridized carbons (Fsp3) is 0.417. The first kappa shape index (κ1) is 20.7. The average Bonchev–Trinajstić information content (AvgIpc) is 2.87. The Hall–Kier alpha value is -2.53. The summed E-state index contributed by atoms with van der Waals surface area (Å²) in [5.74, 6) is 0.499. The van der Waals surface area contributed by atoms with Crippen LogP contribution in [-0.4, -0.2) is 30.5 Å². The number of halogens is 1. The van der Waals surface area contributed by atoms with E-state index in [4.69, 9.17) is 16.3 Å². The SMILES string of the molecule is Cc1ccccc1CCNC(=O)C1CCC2(CC1)CNC(=O)c1cc(Cl)ccc1O2. The maximum Gasteiger partial charge on any atom is 0.255 e. The van der Waals surface area contributed by atoms with E-state index in [2.05, 4.69) is 29.7 Å². The van der Waals surface area contributed by atoms with Crippen LogP contribution in [0.5, 0.6) is 5.75 Å². The molecule has 1 heterocycles. The van der Waals surface area contributed by atoms with Crippen LogP contribution >= 0.6 is 11.6 Å². The molecule has 2 amide bonds. The molecule has 1 spiro atoms. The predicted molar refractivity (Wildman–Crippen MR) is 117 cm³/mol. The minimum absolute atomic E-state index is 0.0141. The highest BCUT2D eigenvalue weighted by molar-refractivity contribution is 6.31. The Morgan fingerprint density at radius 1 is 1.23 bits per heavy atom. The number of aryl methyl sites for hydroxylation is 1. The summed E-state index contributed by atoms with van der Waals surface area (Å²) in [6, 6.07) is 13.4. The molecule has 0 atom stereocenters. The van der Waals surface area contributed by atoms with Crippen LogP contribution in [0.25, 0.3) is 0 Å². The van der Waals surface area contributed by atoms with Crippen molar-refractivity contribution in [3.05, 3.63) is 64.2 Å². The number of carbonyl (C=O) groups excluding carboxylic acids is 2. The topological polar surface area (TPSA) is 67.4 Å². The number of hydrogen-bond donors (Lipinski definition) is 2. The second-order valence-corrected chi connectivity index (χ2v) is 8.79. The number of rotatable bonds is 4. The zero-order valence-electron chi connectivity index (χ0n) is 17.2. The molecule has 2 aromatic rings. The highest BCUT2D eigenvalue weighted by atomic mass is 35.5. The van der Waals surface area contributed by atoms with E-state index in [1.165, 1.54) is 11.1 Å². The molecule has 0 aromatic heterocycles. The summed E-state index contributed by atoms with van der Waals surface area (Å²) in [6.45, 7) is 3.18. The van der Waals surface area contributed by atoms with Gasteiger partial charge in [-0.1, -0.05) is 35.9 Å². The van der Waals surface area contributed by atoms with Crippen LogP contribution in [0.15, 0.2) is 42.5 Å². The smallest absolute Gasteiger partial charge is 0.255 e. The highest BCUT2D eigenvalue weighted by Gasteiger charge is 2.41. The standard InChI is InChI=1S/C24H27ClN2O3/c1-16-4-2-3-5-17(16)10-13-26-22(28)18-8-11-24(12-9-18)15-27-23(29)20-14-19(25)6-7-21(20)30-24/h2-7,14,18H,8-13,15H2,1H3,(H,26,28)(H,27,29). The fourth-order valence-corrected chi connectivity index (χ4v) is 4.59. The molecule has 2 aliphatic rings. The third-order valence-electron chi connectivity index (χ3n) is 6.31. The maximum atomic E-state index is 12.7. The van der Waals surface area contributed by atoms with Gasteiger partial charge in [0.1, 0.15) is 11.4 Å². The normalized spacial score (nSPS) is 23.1. The van der Waals surface area contributed by atoms with Gasteiger partial charge in [0.15, 0.2) is 0 Å². The van der Waals surface area contributed by atoms with Crippen LogP contribution in [0.2, 0.25) is 5.02 Å². The number of ether oxygens (including phenoxy) is 1. The summed E-state index contributed by atoms with van der Waals surface area (Å²) in [5, 5.41) is 6.57. The molecule has 2 N–H and O–H groups in total. The molecule has 1 saturated carbocycles. The first-order chi connectivity index (χ1) is 14.5. The number of nitrogens with one attached hydrogen (secondary N) is 2. The molecule has 0 radical (unpaired) electrons. The fourth-order valence-electron chi connectivity index (χ4n) is 4.41. The first-order valence-electron chi connectivity index (χ1n) is 10.5. The lowest BCUT2D eigenvalue weighted by atomic mass is 9.78. The summed E-state index contributed by atoms with van der Waals surface area (Å²) in [4.78, 5) is 25.1. The Bertz CT molecular complexity index is 951. The summed E-state index contributed by atoms with van der Waals surface area (Å²) in [5.41, 5.74) is 2.52. The van der Waals surface area contributed by atoms with E-state index in [1.807, 2.05) is 12.1 Å². The van der Waals surface area contributed by atoms with Gasteiger partial charge in [0.2, 0.25) is 5.91 Å². The lowest BCUT2D eigenvalue weighted by Gasteiger charge is -2.39. The number of fused-ring (bicyclic) bond motifs is 1. The van der Waals surface area contributed by atoms with Gasteiger partial charge in [0, 0.05) is 17.5 Å². The Morgan fingerprint density at radius 3 is 2.77 bits per heavy atom. The Labute approximate surface area is 182 Å². The second-order valence-electron chi connectivity index (χ2n) is 8.35. The van der Waals surface area contributed by atoms with Crippen LogP contribution in [0.3, 0.4) is 0 Å². The molecule has 158 valence electrons. The molecule has 30 heavy (non-hydrogen) atoms. The minimum Gasteiger partial charge on any atom is -0.485 e. The third kappa shape index (κ3) is 4.46. The molecule has 4 rings (SSSR count). The van der Waals surface area contributed by atoms with Crippen molar-refractivity contribution >= 4 is 23.4 Å². The highest BCUT2D eigenvalue weighted by Crippen LogP contribution is 2.38. The van der Waals surface area contributed by atoms with E-state index in [0.717, 1.165) is 32.1 Å². The quantitative estimate of drug-likeness (QED) is 0.774. The van der Waals surface area contributed by atoms with E-state index in [1.54, 1.807) is 18.2 Å². The van der Waals surface area contributed by atoms with Gasteiger partial charge in [0.25, 0.3) is 5.91 Å². The van der Waals surface area contributed by atoms with E-state index < -0.39 is 5.60 Å². The van der Waals surface area contributed by atoms with Crippen molar-refractivity contribution in [2.45, 2.75) is 44.6 Å². The summed E-state index contributed by atoms with van der Waals surface area (Å²) in [7, 11) is 0. The zero-order chi connectivity index (χ0) is 21.1. The van der Waals surface area contributed by atoms with Crippen LogP contribution in [0.1, 0.15) is 47.2 Å². The van der Waals surface area contributed by atoms with E-state index in [-0.39, 0.29) is 17.7 Å². The lowest BCUT2D eigenvalue weighted by molar-refractivity contribution is -0.127. The van der Waals surface area contributed by atoms with Crippen molar-refractivity contribution < 1.29 is 14.3 Å². The van der Waals surface area contributed by atoms with Gasteiger partial charge < -0.3 is 15.4 Å². The van der Waals surface area contributed by atoms with Crippen LogP contribution < -0.4 is 15.4 Å². The molecule has 1 aliphatic carbocycles. The Morgan fingerprint density at radius 2 is 2.00 bits per heavy atom. The molecule has 1 aliphatic heterocycles. The van der Waals surface area contributed by atoms with Gasteiger partial charge in [-0.25, -0.2) is 0 Å². The molecule has 0 bridgehead atoms. The molecular weight excluding hydrogens is 400 g/mol. The van der Waals surface area contributed by atoms with Gasteiger partial charge in [-0.15, -0.1) is 0 Å². The van der Waals surface area contributed by atoms with Gasteiger partial charge in [-0.3, -0.25) is 9.59 Å². The number of amides is 2. The van der Waals surface area contributed by atoms with Crippen molar-refractivity contribution in [2.75, 3.05) is 13.1 Å². The van der Waals surface area contributed by atoms with Gasteiger partial charge in [0.05, 0.1) is 12.1 Å². The summed E-state index contributed by atoms with van der Waals surface area (Å²) in [6.07, 6.45) is 3.78. The molecule has 6 heteroatoms. The monoisotopic (exact) mass is 426 g/mol. The van der Waals surface area contributed by atoms with E-state index in [9.17, 15) is 9.59 Å². The van der Waals surface area contributed by atoms with Gasteiger partial charge in [-0.2, -0.15) is 0 Å². The number of benzene rings is 2. The number of hydrogen-bond acceptors (Lipinski definition) is 3. The van der Waals surface area contributed by atoms with Gasteiger partial charge in [-0.05, 0) is 68.4 Å². The average molecular weight is 427 g/mol. The first-order valence-corrected chi connectivity index (χ1v) is 10.9. The van der Waals surface area contributed by atoms with Gasteiger partial charge >= 0.3 is 0 Å². The molecule has 2 aromatic carbocycles. The summed E-state index contributed by atoms with van der Waals surface area (Å²) >= 11 is 6.04. The lowest BCUT2D eigenvalue weighted by Crippen LogP contribution is -2.49. The molecule has 0 saturated heterocycles.